The Hall–Kier alpha value is -1.22. The Morgan fingerprint density at radius 2 is 2.06 bits per heavy atom. The summed E-state index contributed by atoms with van der Waals surface area (Å²) in [4.78, 5) is 13.0. The first-order chi connectivity index (χ1) is 8.08. The molecule has 0 aliphatic carbocycles. The molecule has 1 fully saturated rings. The highest BCUT2D eigenvalue weighted by Gasteiger charge is 2.25. The summed E-state index contributed by atoms with van der Waals surface area (Å²) in [6, 6.07) is 5.94. The molecule has 0 amide bonds. The molecule has 0 aromatic heterocycles. The van der Waals surface area contributed by atoms with Crippen LogP contribution in [0.5, 0.6) is 0 Å². The molecule has 92 valence electrons. The molecule has 0 unspecified atom stereocenters. The Labute approximate surface area is 106 Å². The van der Waals surface area contributed by atoms with E-state index in [-0.39, 0.29) is 5.92 Å². The van der Waals surface area contributed by atoms with Gasteiger partial charge in [-0.3, -0.25) is 4.79 Å². The zero-order chi connectivity index (χ0) is 12.4. The van der Waals surface area contributed by atoms with Gasteiger partial charge in [-0.15, -0.1) is 0 Å². The average Bonchev–Trinajstić information content (AvgIpc) is 2.32. The summed E-state index contributed by atoms with van der Waals surface area (Å²) in [5.74, 6) is -0.880. The number of benzene rings is 1. The third-order valence-electron chi connectivity index (χ3n) is 3.29. The van der Waals surface area contributed by atoms with Crippen molar-refractivity contribution >= 4 is 23.3 Å². The van der Waals surface area contributed by atoms with Crippen molar-refractivity contribution in [2.24, 2.45) is 5.92 Å². The predicted molar refractivity (Wildman–Crippen MR) is 68.8 cm³/mol. The maximum absolute atomic E-state index is 10.9. The molecular weight excluding hydrogens is 238 g/mol. The van der Waals surface area contributed by atoms with Crippen LogP contribution in [0.1, 0.15) is 18.4 Å². The SMILES string of the molecule is Cc1ccc(Cl)c(N2CCC(C(=O)O)CC2)c1. The van der Waals surface area contributed by atoms with Gasteiger partial charge in [-0.25, -0.2) is 0 Å². The fourth-order valence-corrected chi connectivity index (χ4v) is 2.47. The molecule has 3 nitrogen and oxygen atoms in total. The van der Waals surface area contributed by atoms with Crippen LogP contribution < -0.4 is 4.90 Å². The molecule has 0 bridgehead atoms. The first-order valence-corrected chi connectivity index (χ1v) is 6.19. The second-order valence-corrected chi connectivity index (χ2v) is 4.96. The third-order valence-corrected chi connectivity index (χ3v) is 3.61. The number of carboxylic acids is 1. The molecule has 2 rings (SSSR count). The summed E-state index contributed by atoms with van der Waals surface area (Å²) in [6.45, 7) is 3.56. The summed E-state index contributed by atoms with van der Waals surface area (Å²) < 4.78 is 0. The molecule has 17 heavy (non-hydrogen) atoms. The minimum Gasteiger partial charge on any atom is -0.481 e. The van der Waals surface area contributed by atoms with E-state index in [2.05, 4.69) is 11.0 Å². The molecule has 1 saturated heterocycles. The number of hydrogen-bond acceptors (Lipinski definition) is 2. The lowest BCUT2D eigenvalue weighted by molar-refractivity contribution is -0.142. The van der Waals surface area contributed by atoms with E-state index in [0.29, 0.717) is 12.8 Å². The summed E-state index contributed by atoms with van der Waals surface area (Å²) >= 11 is 6.17. The van der Waals surface area contributed by atoms with E-state index in [0.717, 1.165) is 23.8 Å². The van der Waals surface area contributed by atoms with Gasteiger partial charge in [-0.2, -0.15) is 0 Å². The summed E-state index contributed by atoms with van der Waals surface area (Å²) in [7, 11) is 0. The minimum atomic E-state index is -0.681. The van der Waals surface area contributed by atoms with E-state index in [1.54, 1.807) is 0 Å². The van der Waals surface area contributed by atoms with Crippen molar-refractivity contribution in [3.63, 3.8) is 0 Å². The van der Waals surface area contributed by atoms with Gasteiger partial charge in [0.2, 0.25) is 0 Å². The van der Waals surface area contributed by atoms with Crippen LogP contribution in [-0.2, 0) is 4.79 Å². The number of piperidine rings is 1. The number of hydrogen-bond donors (Lipinski definition) is 1. The van der Waals surface area contributed by atoms with Gasteiger partial charge in [0.25, 0.3) is 0 Å². The van der Waals surface area contributed by atoms with Crippen molar-refractivity contribution in [1.29, 1.82) is 0 Å². The zero-order valence-corrected chi connectivity index (χ0v) is 10.6. The quantitative estimate of drug-likeness (QED) is 0.881. The number of aliphatic carboxylic acids is 1. The summed E-state index contributed by atoms with van der Waals surface area (Å²) in [5.41, 5.74) is 2.19. The molecule has 0 saturated carbocycles. The van der Waals surface area contributed by atoms with Crippen LogP contribution in [-0.4, -0.2) is 24.2 Å². The van der Waals surface area contributed by atoms with Crippen LogP contribution in [0.3, 0.4) is 0 Å². The van der Waals surface area contributed by atoms with Gasteiger partial charge in [0, 0.05) is 13.1 Å². The first kappa shape index (κ1) is 12.2. The predicted octanol–water partition coefficient (Wildman–Crippen LogP) is 2.95. The molecule has 1 aromatic carbocycles. The number of carbonyl (C=O) groups is 1. The largest absolute Gasteiger partial charge is 0.481 e. The lowest BCUT2D eigenvalue weighted by Crippen LogP contribution is -2.36. The second kappa shape index (κ2) is 4.96. The number of carboxylic acid groups (broad SMARTS) is 1. The monoisotopic (exact) mass is 253 g/mol. The number of halogens is 1. The summed E-state index contributed by atoms with van der Waals surface area (Å²) in [5, 5.41) is 9.69. The van der Waals surface area contributed by atoms with Crippen LogP contribution >= 0.6 is 11.6 Å². The summed E-state index contributed by atoms with van der Waals surface area (Å²) in [6.07, 6.45) is 1.39. The van der Waals surface area contributed by atoms with Crippen molar-refractivity contribution < 1.29 is 9.90 Å². The highest BCUT2D eigenvalue weighted by molar-refractivity contribution is 6.33. The lowest BCUT2D eigenvalue weighted by Gasteiger charge is -2.32. The lowest BCUT2D eigenvalue weighted by atomic mass is 9.96. The molecule has 0 spiro atoms. The van der Waals surface area contributed by atoms with Gasteiger partial charge in [0.15, 0.2) is 0 Å². The van der Waals surface area contributed by atoms with Gasteiger partial charge in [0.1, 0.15) is 0 Å². The van der Waals surface area contributed by atoms with Gasteiger partial charge in [0.05, 0.1) is 16.6 Å². The third kappa shape index (κ3) is 2.72. The fourth-order valence-electron chi connectivity index (χ4n) is 2.23. The topological polar surface area (TPSA) is 40.5 Å². The number of aryl methyl sites for hydroxylation is 1. The molecule has 1 aliphatic rings. The van der Waals surface area contributed by atoms with Crippen molar-refractivity contribution in [3.05, 3.63) is 28.8 Å². The van der Waals surface area contributed by atoms with Gasteiger partial charge >= 0.3 is 5.97 Å². The number of rotatable bonds is 2. The van der Waals surface area contributed by atoms with Gasteiger partial charge < -0.3 is 10.0 Å². The van der Waals surface area contributed by atoms with E-state index in [1.807, 2.05) is 19.1 Å². The molecule has 0 radical (unpaired) electrons. The van der Waals surface area contributed by atoms with Crippen LogP contribution in [0.25, 0.3) is 0 Å². The van der Waals surface area contributed by atoms with Crippen LogP contribution in [0.15, 0.2) is 18.2 Å². The van der Waals surface area contributed by atoms with E-state index in [4.69, 9.17) is 16.7 Å². The Morgan fingerprint density at radius 3 is 2.65 bits per heavy atom. The Kier molecular flexibility index (Phi) is 3.57. The molecule has 1 heterocycles. The van der Waals surface area contributed by atoms with E-state index < -0.39 is 5.97 Å². The molecule has 1 aliphatic heterocycles. The van der Waals surface area contributed by atoms with E-state index >= 15 is 0 Å². The smallest absolute Gasteiger partial charge is 0.306 e. The van der Waals surface area contributed by atoms with Gasteiger partial charge in [-0.05, 0) is 37.5 Å². The van der Waals surface area contributed by atoms with E-state index in [1.165, 1.54) is 5.56 Å². The van der Waals surface area contributed by atoms with Gasteiger partial charge in [-0.1, -0.05) is 17.7 Å². The Bertz CT molecular complexity index is 425. The van der Waals surface area contributed by atoms with Crippen LogP contribution in [0.4, 0.5) is 5.69 Å². The number of anilines is 1. The number of nitrogens with zero attached hydrogens (tertiary/aromatic N) is 1. The maximum Gasteiger partial charge on any atom is 0.306 e. The van der Waals surface area contributed by atoms with Crippen molar-refractivity contribution in [3.8, 4) is 0 Å². The normalized spacial score (nSPS) is 17.2. The van der Waals surface area contributed by atoms with Crippen LogP contribution in [0, 0.1) is 12.8 Å². The van der Waals surface area contributed by atoms with Crippen molar-refractivity contribution in [1.82, 2.24) is 0 Å². The molecule has 4 heteroatoms. The highest BCUT2D eigenvalue weighted by atomic mass is 35.5. The minimum absolute atomic E-state index is 0.199. The second-order valence-electron chi connectivity index (χ2n) is 4.55. The van der Waals surface area contributed by atoms with Crippen molar-refractivity contribution in [2.45, 2.75) is 19.8 Å². The highest BCUT2D eigenvalue weighted by Crippen LogP contribution is 2.30. The molecule has 0 atom stereocenters. The fraction of sp³-hybridized carbons (Fsp3) is 0.462. The molecule has 1 N–H and O–H groups in total. The Balaban J connectivity index is 2.10. The first-order valence-electron chi connectivity index (χ1n) is 5.82. The van der Waals surface area contributed by atoms with Crippen LogP contribution in [0.2, 0.25) is 5.02 Å². The average molecular weight is 254 g/mol. The molecular formula is C13H16ClNO2. The Morgan fingerprint density at radius 1 is 1.41 bits per heavy atom. The zero-order valence-electron chi connectivity index (χ0n) is 9.82. The van der Waals surface area contributed by atoms with Crippen molar-refractivity contribution in [2.75, 3.05) is 18.0 Å². The standard InChI is InChI=1S/C13H16ClNO2/c1-9-2-3-11(14)12(8-9)15-6-4-10(5-7-15)13(16)17/h2-3,8,10H,4-7H2,1H3,(H,16,17). The van der Waals surface area contributed by atoms with E-state index in [9.17, 15) is 4.79 Å². The molecule has 1 aromatic rings. The maximum atomic E-state index is 10.9.